The molecule has 0 bridgehead atoms. The molecule has 0 saturated heterocycles. The highest BCUT2D eigenvalue weighted by Gasteiger charge is 2.18. The Kier molecular flexibility index (Phi) is 5.07. The molecule has 0 spiro atoms. The predicted molar refractivity (Wildman–Crippen MR) is 81.1 cm³/mol. The number of imide groups is 1. The number of thiophene rings is 2. The van der Waals surface area contributed by atoms with Crippen LogP contribution in [-0.2, 0) is 4.74 Å². The van der Waals surface area contributed by atoms with Gasteiger partial charge in [0, 0.05) is 0 Å². The second-order valence-corrected chi connectivity index (χ2v) is 5.63. The van der Waals surface area contributed by atoms with Crippen LogP contribution in [0.4, 0.5) is 9.80 Å². The number of nitrogens with one attached hydrogen (secondary N) is 2. The third-order valence-electron chi connectivity index (χ3n) is 2.37. The summed E-state index contributed by atoms with van der Waals surface area (Å²) in [5, 5.41) is 8.58. The Morgan fingerprint density at radius 3 is 2.62 bits per heavy atom. The van der Waals surface area contributed by atoms with Gasteiger partial charge in [0.2, 0.25) is 0 Å². The zero-order valence-corrected chi connectivity index (χ0v) is 12.7. The van der Waals surface area contributed by atoms with Crippen molar-refractivity contribution in [1.82, 2.24) is 5.32 Å². The highest BCUT2D eigenvalue weighted by Crippen LogP contribution is 2.24. The second-order valence-electron chi connectivity index (χ2n) is 3.77. The Balaban J connectivity index is 2.06. The lowest BCUT2D eigenvalue weighted by Gasteiger charge is -2.06. The molecule has 0 saturated carbocycles. The maximum Gasteiger partial charge on any atom is 0.414 e. The molecular formula is C13H12N2O4S2. The Labute approximate surface area is 128 Å². The number of hydrogen-bond donors (Lipinski definition) is 2. The van der Waals surface area contributed by atoms with Crippen molar-refractivity contribution in [3.05, 3.63) is 39.4 Å². The zero-order valence-electron chi connectivity index (χ0n) is 11.0. The average Bonchev–Trinajstić information content (AvgIpc) is 3.09. The molecule has 6 nitrogen and oxygen atoms in total. The van der Waals surface area contributed by atoms with E-state index in [1.807, 2.05) is 0 Å². The summed E-state index contributed by atoms with van der Waals surface area (Å²) in [6, 6.07) is 4.98. The van der Waals surface area contributed by atoms with Crippen molar-refractivity contribution in [3.63, 3.8) is 0 Å². The summed E-state index contributed by atoms with van der Waals surface area (Å²) in [6.45, 7) is 1.81. The lowest BCUT2D eigenvalue weighted by atomic mass is 10.3. The molecule has 21 heavy (non-hydrogen) atoms. The molecule has 110 valence electrons. The van der Waals surface area contributed by atoms with Gasteiger partial charge in [-0.25, -0.2) is 4.79 Å². The van der Waals surface area contributed by atoms with Gasteiger partial charge in [0.15, 0.2) is 0 Å². The number of hydrogen-bond acceptors (Lipinski definition) is 6. The summed E-state index contributed by atoms with van der Waals surface area (Å²) in [4.78, 5) is 35.7. The standard InChI is InChI=1S/C13H12N2O4S2/c1-2-19-13(18)15-10(16)8-5-7-21-12(8)14-11(17)9-4-3-6-20-9/h3-7H,2H2,1H3,(H,14,17)(H,15,16,18). The fourth-order valence-electron chi connectivity index (χ4n) is 1.48. The van der Waals surface area contributed by atoms with Crippen molar-refractivity contribution in [2.45, 2.75) is 6.92 Å². The number of alkyl carbamates (subject to hydrolysis) is 1. The molecule has 0 atom stereocenters. The molecule has 0 aromatic carbocycles. The van der Waals surface area contributed by atoms with Gasteiger partial charge in [-0.2, -0.15) is 0 Å². The Hall–Kier alpha value is -2.19. The van der Waals surface area contributed by atoms with Crippen molar-refractivity contribution < 1.29 is 19.1 Å². The first-order chi connectivity index (χ1) is 10.1. The molecule has 2 aromatic rings. The van der Waals surface area contributed by atoms with E-state index in [2.05, 4.69) is 15.4 Å². The van der Waals surface area contributed by atoms with Crippen molar-refractivity contribution in [2.24, 2.45) is 0 Å². The monoisotopic (exact) mass is 324 g/mol. The molecule has 0 unspecified atom stereocenters. The van der Waals surface area contributed by atoms with Gasteiger partial charge in [0.25, 0.3) is 11.8 Å². The van der Waals surface area contributed by atoms with Gasteiger partial charge in [-0.3, -0.25) is 14.9 Å². The van der Waals surface area contributed by atoms with E-state index >= 15 is 0 Å². The third-order valence-corrected chi connectivity index (χ3v) is 4.07. The summed E-state index contributed by atoms with van der Waals surface area (Å²) in [6.07, 6.45) is -0.816. The van der Waals surface area contributed by atoms with Gasteiger partial charge in [0.1, 0.15) is 5.00 Å². The zero-order chi connectivity index (χ0) is 15.2. The van der Waals surface area contributed by atoms with Gasteiger partial charge in [-0.05, 0) is 29.8 Å². The fraction of sp³-hybridized carbons (Fsp3) is 0.154. The highest BCUT2D eigenvalue weighted by atomic mass is 32.1. The van der Waals surface area contributed by atoms with Crippen molar-refractivity contribution in [1.29, 1.82) is 0 Å². The van der Waals surface area contributed by atoms with Gasteiger partial charge in [0.05, 0.1) is 17.0 Å². The molecule has 0 fully saturated rings. The number of carbonyl (C=O) groups is 3. The third kappa shape index (κ3) is 3.89. The first kappa shape index (κ1) is 15.2. The number of ether oxygens (including phenoxy) is 1. The molecule has 0 aliphatic heterocycles. The topological polar surface area (TPSA) is 84.5 Å². The van der Waals surface area contributed by atoms with Crippen LogP contribution in [0.15, 0.2) is 29.0 Å². The van der Waals surface area contributed by atoms with Crippen LogP contribution >= 0.6 is 22.7 Å². The van der Waals surface area contributed by atoms with Crippen LogP contribution in [0, 0.1) is 0 Å². The Bertz CT molecular complexity index is 649. The van der Waals surface area contributed by atoms with Crippen LogP contribution in [0.5, 0.6) is 0 Å². The van der Waals surface area contributed by atoms with Crippen LogP contribution in [-0.4, -0.2) is 24.5 Å². The number of carbonyl (C=O) groups excluding carboxylic acids is 3. The Morgan fingerprint density at radius 1 is 1.14 bits per heavy atom. The van der Waals surface area contributed by atoms with E-state index in [0.29, 0.717) is 9.88 Å². The molecule has 2 heterocycles. The van der Waals surface area contributed by atoms with Gasteiger partial charge in [-0.1, -0.05) is 6.07 Å². The van der Waals surface area contributed by atoms with Crippen LogP contribution in [0.2, 0.25) is 0 Å². The molecule has 0 radical (unpaired) electrons. The van der Waals surface area contributed by atoms with E-state index in [-0.39, 0.29) is 18.1 Å². The minimum Gasteiger partial charge on any atom is -0.450 e. The smallest absolute Gasteiger partial charge is 0.414 e. The molecule has 8 heteroatoms. The molecule has 2 rings (SSSR count). The molecule has 0 aliphatic rings. The molecule has 0 aliphatic carbocycles. The first-order valence-corrected chi connectivity index (χ1v) is 7.78. The van der Waals surface area contributed by atoms with Crippen LogP contribution in [0.25, 0.3) is 0 Å². The summed E-state index contributed by atoms with van der Waals surface area (Å²) in [7, 11) is 0. The van der Waals surface area contributed by atoms with Gasteiger partial charge in [-0.15, -0.1) is 22.7 Å². The van der Waals surface area contributed by atoms with Crippen LogP contribution in [0.3, 0.4) is 0 Å². The normalized spacial score (nSPS) is 9.95. The van der Waals surface area contributed by atoms with E-state index < -0.39 is 12.0 Å². The van der Waals surface area contributed by atoms with Crippen molar-refractivity contribution in [2.75, 3.05) is 11.9 Å². The van der Waals surface area contributed by atoms with Gasteiger partial charge < -0.3 is 10.1 Å². The van der Waals surface area contributed by atoms with E-state index in [1.54, 1.807) is 29.8 Å². The summed E-state index contributed by atoms with van der Waals surface area (Å²) < 4.78 is 4.64. The Morgan fingerprint density at radius 2 is 1.95 bits per heavy atom. The molecular weight excluding hydrogens is 312 g/mol. The molecule has 2 N–H and O–H groups in total. The fourth-order valence-corrected chi connectivity index (χ4v) is 2.88. The summed E-state index contributed by atoms with van der Waals surface area (Å²) in [5.74, 6) is -0.909. The minimum absolute atomic E-state index is 0.171. The lowest BCUT2D eigenvalue weighted by molar-refractivity contribution is 0.0926. The predicted octanol–water partition coefficient (Wildman–Crippen LogP) is 2.95. The number of anilines is 1. The van der Waals surface area contributed by atoms with E-state index in [1.165, 1.54) is 28.7 Å². The lowest BCUT2D eigenvalue weighted by Crippen LogP contribution is -2.31. The molecule has 2 aromatic heterocycles. The second kappa shape index (κ2) is 7.00. The number of rotatable bonds is 4. The largest absolute Gasteiger partial charge is 0.450 e. The maximum atomic E-state index is 12.0. The quantitative estimate of drug-likeness (QED) is 0.905. The number of amides is 3. The first-order valence-electron chi connectivity index (χ1n) is 6.02. The maximum absolute atomic E-state index is 12.0. The van der Waals surface area contributed by atoms with E-state index in [4.69, 9.17) is 0 Å². The highest BCUT2D eigenvalue weighted by molar-refractivity contribution is 7.15. The van der Waals surface area contributed by atoms with Gasteiger partial charge >= 0.3 is 6.09 Å². The average molecular weight is 324 g/mol. The SMILES string of the molecule is CCOC(=O)NC(=O)c1ccsc1NC(=O)c1cccs1. The van der Waals surface area contributed by atoms with Crippen LogP contribution in [0.1, 0.15) is 27.0 Å². The minimum atomic E-state index is -0.816. The summed E-state index contributed by atoms with van der Waals surface area (Å²) in [5.41, 5.74) is 0.220. The van der Waals surface area contributed by atoms with Crippen molar-refractivity contribution in [3.8, 4) is 0 Å². The van der Waals surface area contributed by atoms with Crippen molar-refractivity contribution >= 4 is 45.6 Å². The van der Waals surface area contributed by atoms with Crippen LogP contribution < -0.4 is 10.6 Å². The van der Waals surface area contributed by atoms with E-state index in [0.717, 1.165) is 0 Å². The summed E-state index contributed by atoms with van der Waals surface area (Å²) >= 11 is 2.51. The molecule has 3 amide bonds. The van der Waals surface area contributed by atoms with E-state index in [9.17, 15) is 14.4 Å².